The average Bonchev–Trinajstić information content (AvgIpc) is 3.36. The molecule has 3 aromatic rings. The Balaban J connectivity index is 1.47. The summed E-state index contributed by atoms with van der Waals surface area (Å²) in [6.45, 7) is 4.01. The van der Waals surface area contributed by atoms with Gasteiger partial charge in [0.05, 0.1) is 0 Å². The van der Waals surface area contributed by atoms with Crippen LogP contribution in [0.1, 0.15) is 40.0 Å². The van der Waals surface area contributed by atoms with Crippen molar-refractivity contribution in [1.29, 1.82) is 0 Å². The number of hydrogen-bond acceptors (Lipinski definition) is 5. The summed E-state index contributed by atoms with van der Waals surface area (Å²) in [5.41, 5.74) is 9.63. The molecule has 0 aliphatic carbocycles. The molecule has 0 bridgehead atoms. The van der Waals surface area contributed by atoms with E-state index >= 15 is 0 Å². The van der Waals surface area contributed by atoms with Crippen LogP contribution in [0.3, 0.4) is 0 Å². The van der Waals surface area contributed by atoms with Gasteiger partial charge in [0.25, 0.3) is 5.91 Å². The van der Waals surface area contributed by atoms with E-state index in [0.29, 0.717) is 23.2 Å². The fourth-order valence-electron chi connectivity index (χ4n) is 4.20. The first kappa shape index (κ1) is 22.5. The Morgan fingerprint density at radius 3 is 2.52 bits per heavy atom. The Morgan fingerprint density at radius 1 is 1.00 bits per heavy atom. The van der Waals surface area contributed by atoms with Crippen LogP contribution < -0.4 is 16.4 Å². The highest BCUT2D eigenvalue weighted by atomic mass is 16.2. The normalized spacial score (nSPS) is 13.6. The SMILES string of the molecule is NC(=O)c1cccc(Nc2cccc(C(=O)NCCCN3CCCC3)c2)c1-c1ccncc1. The van der Waals surface area contributed by atoms with Gasteiger partial charge >= 0.3 is 0 Å². The van der Waals surface area contributed by atoms with Gasteiger partial charge in [-0.05, 0) is 86.9 Å². The molecular formula is C26H29N5O2. The first-order valence-electron chi connectivity index (χ1n) is 11.3. The van der Waals surface area contributed by atoms with E-state index in [0.717, 1.165) is 29.9 Å². The maximum atomic E-state index is 12.7. The average molecular weight is 444 g/mol. The second-order valence-electron chi connectivity index (χ2n) is 8.19. The second kappa shape index (κ2) is 10.7. The van der Waals surface area contributed by atoms with Crippen LogP contribution in [0.2, 0.25) is 0 Å². The summed E-state index contributed by atoms with van der Waals surface area (Å²) >= 11 is 0. The van der Waals surface area contributed by atoms with E-state index in [1.54, 1.807) is 30.6 Å². The molecular weight excluding hydrogens is 414 g/mol. The maximum absolute atomic E-state index is 12.7. The Morgan fingerprint density at radius 2 is 1.76 bits per heavy atom. The molecule has 0 atom stereocenters. The molecule has 0 spiro atoms. The molecule has 1 aliphatic heterocycles. The zero-order valence-electron chi connectivity index (χ0n) is 18.6. The Kier molecular flexibility index (Phi) is 7.32. The summed E-state index contributed by atoms with van der Waals surface area (Å²) in [7, 11) is 0. The molecule has 1 saturated heterocycles. The van der Waals surface area contributed by atoms with Crippen molar-refractivity contribution in [1.82, 2.24) is 15.2 Å². The molecule has 4 rings (SSSR count). The third-order valence-electron chi connectivity index (χ3n) is 5.84. The summed E-state index contributed by atoms with van der Waals surface area (Å²) in [5.74, 6) is -0.604. The minimum atomic E-state index is -0.507. The number of anilines is 2. The van der Waals surface area contributed by atoms with Crippen molar-refractivity contribution in [3.8, 4) is 11.1 Å². The predicted molar refractivity (Wildman–Crippen MR) is 131 cm³/mol. The number of aromatic nitrogens is 1. The van der Waals surface area contributed by atoms with Crippen LogP contribution in [0.25, 0.3) is 11.1 Å². The van der Waals surface area contributed by atoms with Gasteiger partial charge in [0, 0.05) is 47.0 Å². The highest BCUT2D eigenvalue weighted by molar-refractivity contribution is 6.03. The van der Waals surface area contributed by atoms with Gasteiger partial charge in [-0.3, -0.25) is 14.6 Å². The molecule has 0 radical (unpaired) electrons. The smallest absolute Gasteiger partial charge is 0.251 e. The van der Waals surface area contributed by atoms with Crippen LogP contribution in [-0.2, 0) is 0 Å². The van der Waals surface area contributed by atoms with Crippen molar-refractivity contribution in [2.45, 2.75) is 19.3 Å². The van der Waals surface area contributed by atoms with E-state index in [2.05, 4.69) is 20.5 Å². The lowest BCUT2D eigenvalue weighted by atomic mass is 9.97. The summed E-state index contributed by atoms with van der Waals surface area (Å²) in [5, 5.41) is 6.36. The molecule has 170 valence electrons. The minimum absolute atomic E-state index is 0.0969. The number of pyridine rings is 1. The van der Waals surface area contributed by atoms with Gasteiger partial charge in [-0.1, -0.05) is 12.1 Å². The van der Waals surface area contributed by atoms with Crippen LogP contribution in [0, 0.1) is 0 Å². The van der Waals surface area contributed by atoms with Gasteiger partial charge in [0.15, 0.2) is 0 Å². The maximum Gasteiger partial charge on any atom is 0.251 e. The number of hydrogen-bond donors (Lipinski definition) is 3. The van der Waals surface area contributed by atoms with Crippen LogP contribution >= 0.6 is 0 Å². The fraction of sp³-hybridized carbons (Fsp3) is 0.269. The fourth-order valence-corrected chi connectivity index (χ4v) is 4.20. The summed E-state index contributed by atoms with van der Waals surface area (Å²) in [4.78, 5) is 31.2. The first-order chi connectivity index (χ1) is 16.1. The van der Waals surface area contributed by atoms with Crippen molar-refractivity contribution < 1.29 is 9.59 Å². The second-order valence-corrected chi connectivity index (χ2v) is 8.19. The largest absolute Gasteiger partial charge is 0.366 e. The molecule has 1 fully saturated rings. The molecule has 7 heteroatoms. The number of primary amides is 1. The third kappa shape index (κ3) is 5.75. The van der Waals surface area contributed by atoms with Gasteiger partial charge in [0.1, 0.15) is 0 Å². The molecule has 2 amide bonds. The molecule has 1 aliphatic rings. The third-order valence-corrected chi connectivity index (χ3v) is 5.84. The monoisotopic (exact) mass is 443 g/mol. The van der Waals surface area contributed by atoms with Crippen molar-refractivity contribution in [2.24, 2.45) is 5.73 Å². The lowest BCUT2D eigenvalue weighted by Crippen LogP contribution is -2.28. The van der Waals surface area contributed by atoms with Gasteiger partial charge in [-0.15, -0.1) is 0 Å². The van der Waals surface area contributed by atoms with Crippen molar-refractivity contribution in [2.75, 3.05) is 31.5 Å². The van der Waals surface area contributed by atoms with E-state index in [4.69, 9.17) is 5.73 Å². The van der Waals surface area contributed by atoms with E-state index in [9.17, 15) is 9.59 Å². The van der Waals surface area contributed by atoms with Gasteiger partial charge in [-0.2, -0.15) is 0 Å². The number of likely N-dealkylation sites (tertiary alicyclic amines) is 1. The van der Waals surface area contributed by atoms with Crippen LogP contribution in [0.5, 0.6) is 0 Å². The molecule has 2 heterocycles. The lowest BCUT2D eigenvalue weighted by Gasteiger charge is -2.16. The number of nitrogens with one attached hydrogen (secondary N) is 2. The zero-order valence-corrected chi connectivity index (χ0v) is 18.6. The predicted octanol–water partition coefficient (Wildman–Crippen LogP) is 3.81. The van der Waals surface area contributed by atoms with Gasteiger partial charge < -0.3 is 21.3 Å². The van der Waals surface area contributed by atoms with Crippen molar-refractivity contribution >= 4 is 23.2 Å². The molecule has 0 unspecified atom stereocenters. The topological polar surface area (TPSA) is 100 Å². The van der Waals surface area contributed by atoms with E-state index in [1.807, 2.05) is 36.4 Å². The van der Waals surface area contributed by atoms with Gasteiger partial charge in [0.2, 0.25) is 5.91 Å². The molecule has 7 nitrogen and oxygen atoms in total. The first-order valence-corrected chi connectivity index (χ1v) is 11.3. The highest BCUT2D eigenvalue weighted by Crippen LogP contribution is 2.33. The molecule has 2 aromatic carbocycles. The van der Waals surface area contributed by atoms with E-state index in [-0.39, 0.29) is 5.91 Å². The molecule has 1 aromatic heterocycles. The number of nitrogens with zero attached hydrogens (tertiary/aromatic N) is 2. The summed E-state index contributed by atoms with van der Waals surface area (Å²) in [6.07, 6.45) is 6.84. The minimum Gasteiger partial charge on any atom is -0.366 e. The Hall–Kier alpha value is -3.71. The van der Waals surface area contributed by atoms with E-state index < -0.39 is 5.91 Å². The van der Waals surface area contributed by atoms with Gasteiger partial charge in [-0.25, -0.2) is 0 Å². The molecule has 0 saturated carbocycles. The summed E-state index contributed by atoms with van der Waals surface area (Å²) < 4.78 is 0. The number of rotatable bonds is 9. The molecule has 4 N–H and O–H groups in total. The Bertz CT molecular complexity index is 1110. The van der Waals surface area contributed by atoms with E-state index in [1.165, 1.54) is 25.9 Å². The number of carbonyl (C=O) groups is 2. The zero-order chi connectivity index (χ0) is 23.0. The van der Waals surface area contributed by atoms with Crippen LogP contribution in [0.4, 0.5) is 11.4 Å². The van der Waals surface area contributed by atoms with Crippen LogP contribution in [-0.4, -0.2) is 47.9 Å². The lowest BCUT2D eigenvalue weighted by molar-refractivity contribution is 0.0950. The number of nitrogens with two attached hydrogens (primary N) is 1. The van der Waals surface area contributed by atoms with Crippen molar-refractivity contribution in [3.63, 3.8) is 0 Å². The molecule has 33 heavy (non-hydrogen) atoms. The number of benzene rings is 2. The standard InChI is InChI=1S/C26H29N5O2/c27-25(32)22-8-4-9-23(24(22)19-10-13-28-14-11-19)30-21-7-3-6-20(18-21)26(33)29-12-5-17-31-15-1-2-16-31/h3-4,6-11,13-14,18,30H,1-2,5,12,15-17H2,(H2,27,32)(H,29,33). The number of amides is 2. The highest BCUT2D eigenvalue weighted by Gasteiger charge is 2.15. The number of carbonyl (C=O) groups excluding carboxylic acids is 2. The summed E-state index contributed by atoms with van der Waals surface area (Å²) in [6, 6.07) is 16.4. The quantitative estimate of drug-likeness (QED) is 0.437. The van der Waals surface area contributed by atoms with Crippen molar-refractivity contribution in [3.05, 3.63) is 78.1 Å². The Labute approximate surface area is 194 Å². The van der Waals surface area contributed by atoms with Crippen LogP contribution in [0.15, 0.2) is 67.0 Å².